The van der Waals surface area contributed by atoms with Crippen molar-refractivity contribution in [1.82, 2.24) is 0 Å². The van der Waals surface area contributed by atoms with E-state index in [4.69, 9.17) is 23.4 Å². The average molecular weight is 725 g/mol. The summed E-state index contributed by atoms with van der Waals surface area (Å²) in [5.74, 6) is -0.548. The summed E-state index contributed by atoms with van der Waals surface area (Å²) in [4.78, 5) is 24.8. The lowest BCUT2D eigenvalue weighted by atomic mass is 9.41. The van der Waals surface area contributed by atoms with Gasteiger partial charge in [0.25, 0.3) is 0 Å². The van der Waals surface area contributed by atoms with Crippen LogP contribution in [0.25, 0.3) is 0 Å². The number of carbonyl (C=O) groups excluding carboxylic acids is 1. The molecule has 6 fully saturated rings. The Morgan fingerprint density at radius 1 is 0.824 bits per heavy atom. The largest absolute Gasteiger partial charge is 0.431 e. The van der Waals surface area contributed by atoms with Gasteiger partial charge in [0, 0.05) is 17.9 Å². The number of aliphatic hydroxyl groups is 8. The van der Waals surface area contributed by atoms with Crippen LogP contribution in [-0.4, -0.2) is 132 Å². The molecule has 6 aliphatic rings. The van der Waals surface area contributed by atoms with E-state index in [2.05, 4.69) is 6.92 Å². The van der Waals surface area contributed by atoms with Gasteiger partial charge >= 0.3 is 5.63 Å². The van der Waals surface area contributed by atoms with Gasteiger partial charge in [-0.05, 0) is 87.7 Å². The van der Waals surface area contributed by atoms with E-state index < -0.39 is 102 Å². The molecule has 0 spiro atoms. The molecule has 18 atom stereocenters. The second-order valence-electron chi connectivity index (χ2n) is 16.3. The predicted octanol–water partition coefficient (Wildman–Crippen LogP) is -0.788. The molecule has 15 nitrogen and oxygen atoms in total. The zero-order valence-electron chi connectivity index (χ0n) is 28.9. The molecule has 2 aliphatic heterocycles. The molecule has 7 rings (SSSR count). The van der Waals surface area contributed by atoms with Crippen molar-refractivity contribution >= 4 is 6.29 Å². The predicted molar refractivity (Wildman–Crippen MR) is 173 cm³/mol. The summed E-state index contributed by atoms with van der Waals surface area (Å²) in [5, 5.41) is 87.4. The van der Waals surface area contributed by atoms with Gasteiger partial charge in [-0.2, -0.15) is 0 Å². The van der Waals surface area contributed by atoms with Crippen LogP contribution in [-0.2, 0) is 23.7 Å². The third-order valence-corrected chi connectivity index (χ3v) is 14.1. The maximum atomic E-state index is 13.2. The second kappa shape index (κ2) is 13.5. The molecule has 2 saturated heterocycles. The molecular weight excluding hydrogens is 672 g/mol. The Morgan fingerprint density at radius 2 is 1.53 bits per heavy atom. The summed E-state index contributed by atoms with van der Waals surface area (Å²) >= 11 is 0. The van der Waals surface area contributed by atoms with Crippen molar-refractivity contribution in [3.8, 4) is 0 Å². The molecule has 4 saturated carbocycles. The van der Waals surface area contributed by atoms with Gasteiger partial charge in [0.2, 0.25) is 0 Å². The smallest absolute Gasteiger partial charge is 0.335 e. The minimum atomic E-state index is -1.70. The molecular formula is C36H52O15. The third kappa shape index (κ3) is 5.78. The molecule has 8 N–H and O–H groups in total. The molecule has 3 heterocycles. The minimum absolute atomic E-state index is 0.0294. The van der Waals surface area contributed by atoms with Gasteiger partial charge in [-0.3, -0.25) is 0 Å². The van der Waals surface area contributed by atoms with Gasteiger partial charge in [0.1, 0.15) is 49.0 Å². The van der Waals surface area contributed by atoms with Gasteiger partial charge in [0.15, 0.2) is 12.6 Å². The summed E-state index contributed by atoms with van der Waals surface area (Å²) in [6.45, 7) is 3.14. The highest BCUT2D eigenvalue weighted by molar-refractivity contribution is 5.64. The summed E-state index contributed by atoms with van der Waals surface area (Å²) in [6.07, 6.45) is -8.89. The Hall–Kier alpha value is -1.86. The van der Waals surface area contributed by atoms with Crippen molar-refractivity contribution < 1.29 is 69.0 Å². The highest BCUT2D eigenvalue weighted by atomic mass is 16.7. The van der Waals surface area contributed by atoms with E-state index in [-0.39, 0.29) is 37.0 Å². The van der Waals surface area contributed by atoms with Crippen molar-refractivity contribution in [2.45, 2.75) is 156 Å². The van der Waals surface area contributed by atoms with Crippen LogP contribution < -0.4 is 5.63 Å². The van der Waals surface area contributed by atoms with Gasteiger partial charge < -0.3 is 69.0 Å². The minimum Gasteiger partial charge on any atom is -0.431 e. The lowest BCUT2D eigenvalue weighted by Gasteiger charge is -2.65. The van der Waals surface area contributed by atoms with Crippen LogP contribution >= 0.6 is 0 Å². The van der Waals surface area contributed by atoms with E-state index in [1.165, 1.54) is 19.3 Å². The SMILES string of the molecule is C[C@H]1O[C@@H](OC[C@@H]2O[C@H](O[C@H]3CC[C@@]4(C=O)[C@@H]5CC[C@@]6(C)[C@@H](c7ccc(=O)oc7)CC[C@]6(O)[C@H]5CC[C@@]4(O)C3)[C@@H](O)[C@H](O)[C@H]2O)[C@H](O)[C@H](O)[C@@H]1O. The standard InChI is InChI=1S/C36H52O15/c1-17-25(39)27(41)29(43)31(49-17)48-15-23-26(40)28(42)30(44)32(51-23)50-19-5-10-34(16-37)21-6-9-33(2)20(18-3-4-24(38)47-14-18)8-12-36(33,46)22(21)7-11-35(34,45)13-19/h3-4,14,16-17,19-23,25-32,39-46H,5-13,15H2,1-2H3/t17-,19+,20-,21-,22+,23+,25-,26+,27-,28-,29-,30+,31-,32+,33+,34-,35-,36+/m1/s1. The van der Waals surface area contributed by atoms with E-state index in [9.17, 15) is 50.4 Å². The molecule has 286 valence electrons. The van der Waals surface area contributed by atoms with Gasteiger partial charge in [-0.15, -0.1) is 0 Å². The lowest BCUT2D eigenvalue weighted by Crippen LogP contribution is -2.69. The van der Waals surface area contributed by atoms with Crippen molar-refractivity contribution in [2.24, 2.45) is 22.7 Å². The summed E-state index contributed by atoms with van der Waals surface area (Å²) in [5.41, 5.74) is -3.79. The number of rotatable bonds is 7. The summed E-state index contributed by atoms with van der Waals surface area (Å²) in [7, 11) is 0. The fourth-order valence-corrected chi connectivity index (χ4v) is 11.0. The second-order valence-corrected chi connectivity index (χ2v) is 16.3. The number of aliphatic hydroxyl groups excluding tert-OH is 6. The van der Waals surface area contributed by atoms with Crippen LogP contribution in [0.3, 0.4) is 0 Å². The summed E-state index contributed by atoms with van der Waals surface area (Å²) in [6, 6.07) is 3.16. The van der Waals surface area contributed by atoms with Crippen molar-refractivity contribution in [2.75, 3.05) is 6.61 Å². The molecule has 0 amide bonds. The molecule has 4 aliphatic carbocycles. The Balaban J connectivity index is 1.03. The maximum absolute atomic E-state index is 13.2. The molecule has 51 heavy (non-hydrogen) atoms. The fourth-order valence-electron chi connectivity index (χ4n) is 11.0. The van der Waals surface area contributed by atoms with E-state index in [1.807, 2.05) is 0 Å². The van der Waals surface area contributed by atoms with E-state index in [0.717, 1.165) is 11.8 Å². The van der Waals surface area contributed by atoms with Crippen molar-refractivity contribution in [3.05, 3.63) is 34.4 Å². The molecule has 0 radical (unpaired) electrons. The number of ether oxygens (including phenoxy) is 4. The number of aldehydes is 1. The quantitative estimate of drug-likeness (QED) is 0.127. The van der Waals surface area contributed by atoms with E-state index in [1.54, 1.807) is 6.07 Å². The van der Waals surface area contributed by atoms with E-state index in [0.29, 0.717) is 38.5 Å². The first kappa shape index (κ1) is 37.5. The zero-order chi connectivity index (χ0) is 36.7. The molecule has 1 aromatic heterocycles. The zero-order valence-corrected chi connectivity index (χ0v) is 28.9. The number of fused-ring (bicyclic) bond motifs is 5. The third-order valence-electron chi connectivity index (χ3n) is 14.1. The van der Waals surface area contributed by atoms with Crippen LogP contribution in [0.1, 0.15) is 83.1 Å². The average Bonchev–Trinajstić information content (AvgIpc) is 3.39. The normalized spacial score (nSPS) is 52.7. The topological polar surface area (TPSA) is 246 Å². The number of carbonyl (C=O) groups is 1. The van der Waals surface area contributed by atoms with Crippen LogP contribution in [0.4, 0.5) is 0 Å². The first-order chi connectivity index (χ1) is 24.1. The highest BCUT2D eigenvalue weighted by Gasteiger charge is 2.71. The molecule has 0 aromatic carbocycles. The Bertz CT molecular complexity index is 1470. The highest BCUT2D eigenvalue weighted by Crippen LogP contribution is 2.71. The van der Waals surface area contributed by atoms with Crippen molar-refractivity contribution in [1.29, 1.82) is 0 Å². The Kier molecular flexibility index (Phi) is 9.89. The van der Waals surface area contributed by atoms with Crippen molar-refractivity contribution in [3.63, 3.8) is 0 Å². The first-order valence-corrected chi connectivity index (χ1v) is 18.3. The molecule has 0 bridgehead atoms. The fraction of sp³-hybridized carbons (Fsp3) is 0.833. The van der Waals surface area contributed by atoms with Crippen LogP contribution in [0.15, 0.2) is 27.6 Å². The van der Waals surface area contributed by atoms with Crippen LogP contribution in [0.5, 0.6) is 0 Å². The maximum Gasteiger partial charge on any atom is 0.335 e. The van der Waals surface area contributed by atoms with Crippen LogP contribution in [0, 0.1) is 22.7 Å². The number of hydrogen-bond donors (Lipinski definition) is 8. The molecule has 1 aromatic rings. The van der Waals surface area contributed by atoms with Crippen LogP contribution in [0.2, 0.25) is 0 Å². The lowest BCUT2D eigenvalue weighted by molar-refractivity contribution is -0.339. The van der Waals surface area contributed by atoms with Gasteiger partial charge in [-0.25, -0.2) is 4.79 Å². The number of hydrogen-bond acceptors (Lipinski definition) is 15. The Morgan fingerprint density at radius 3 is 2.24 bits per heavy atom. The van der Waals surface area contributed by atoms with Gasteiger partial charge in [-0.1, -0.05) is 6.92 Å². The molecule has 0 unspecified atom stereocenters. The first-order valence-electron chi connectivity index (χ1n) is 18.3. The van der Waals surface area contributed by atoms with Gasteiger partial charge in [0.05, 0.1) is 41.7 Å². The summed E-state index contributed by atoms with van der Waals surface area (Å²) < 4.78 is 28.2. The van der Waals surface area contributed by atoms with E-state index >= 15 is 0 Å². The monoisotopic (exact) mass is 724 g/mol. The molecule has 15 heteroatoms. The Labute approximate surface area is 295 Å².